The number of rotatable bonds is 5. The van der Waals surface area contributed by atoms with Crippen molar-refractivity contribution in [3.63, 3.8) is 0 Å². The number of nitrogens with one attached hydrogen (secondary N) is 1. The SMILES string of the molecule is CC.Oc1cc(-c2nc3c4c(nc(OCC56CCCN5CCC6)nc4c2F)N2CCNC[C@H]2CO3)c2c(C=C(F)F)c(F)ccc2c1. The van der Waals surface area contributed by atoms with Gasteiger partial charge < -0.3 is 24.8 Å². The molecule has 2 aromatic carbocycles. The fourth-order valence-electron chi connectivity index (χ4n) is 7.57. The van der Waals surface area contributed by atoms with Crippen LogP contribution in [-0.2, 0) is 0 Å². The molecule has 2 N–H and O–H groups in total. The van der Waals surface area contributed by atoms with Gasteiger partial charge in [-0.1, -0.05) is 19.9 Å². The Bertz CT molecular complexity index is 1880. The van der Waals surface area contributed by atoms with Crippen LogP contribution in [0.25, 0.3) is 39.0 Å². The number of hydrogen-bond donors (Lipinski definition) is 2. The Hall–Kier alpha value is -4.23. The minimum absolute atomic E-state index is 0.0155. The lowest BCUT2D eigenvalue weighted by Crippen LogP contribution is -2.53. The molecule has 3 saturated heterocycles. The van der Waals surface area contributed by atoms with Crippen molar-refractivity contribution in [2.24, 2.45) is 0 Å². The number of halogens is 4. The Labute approximate surface area is 269 Å². The summed E-state index contributed by atoms with van der Waals surface area (Å²) in [6, 6.07) is 4.70. The predicted octanol–water partition coefficient (Wildman–Crippen LogP) is 6.27. The Morgan fingerprint density at radius 2 is 1.87 bits per heavy atom. The molecule has 0 unspecified atom stereocenters. The number of phenolic OH excluding ortho intramolecular Hbond substituents is 1. The molecular formula is C34H36F4N6O3. The van der Waals surface area contributed by atoms with Gasteiger partial charge in [-0.2, -0.15) is 18.7 Å². The summed E-state index contributed by atoms with van der Waals surface area (Å²) in [6.45, 7) is 8.48. The number of ether oxygens (including phenoxy) is 2. The first-order valence-electron chi connectivity index (χ1n) is 16.2. The molecule has 9 nitrogen and oxygen atoms in total. The number of anilines is 1. The van der Waals surface area contributed by atoms with Gasteiger partial charge >= 0.3 is 6.01 Å². The molecule has 0 spiro atoms. The van der Waals surface area contributed by atoms with Crippen LogP contribution in [0.5, 0.6) is 17.6 Å². The third-order valence-corrected chi connectivity index (χ3v) is 9.63. The zero-order chi connectivity index (χ0) is 32.9. The summed E-state index contributed by atoms with van der Waals surface area (Å²) in [4.78, 5) is 18.4. The van der Waals surface area contributed by atoms with E-state index in [0.717, 1.165) is 44.8 Å². The molecule has 0 amide bonds. The molecule has 13 heteroatoms. The van der Waals surface area contributed by atoms with E-state index in [4.69, 9.17) is 14.5 Å². The van der Waals surface area contributed by atoms with Crippen molar-refractivity contribution in [3.05, 3.63) is 47.5 Å². The molecule has 4 aromatic rings. The van der Waals surface area contributed by atoms with Gasteiger partial charge in [-0.15, -0.1) is 0 Å². The van der Waals surface area contributed by atoms with Gasteiger partial charge in [0.25, 0.3) is 6.08 Å². The molecule has 4 aliphatic rings. The number of aromatic nitrogens is 3. The van der Waals surface area contributed by atoms with Crippen LogP contribution in [0.3, 0.4) is 0 Å². The van der Waals surface area contributed by atoms with Crippen LogP contribution in [0.1, 0.15) is 45.1 Å². The average Bonchev–Trinajstić information content (AvgIpc) is 3.61. The van der Waals surface area contributed by atoms with Crippen molar-refractivity contribution in [2.75, 3.05) is 50.8 Å². The number of pyridine rings is 1. The Morgan fingerprint density at radius 1 is 1.09 bits per heavy atom. The van der Waals surface area contributed by atoms with Gasteiger partial charge in [-0.3, -0.25) is 4.90 Å². The summed E-state index contributed by atoms with van der Waals surface area (Å²) >= 11 is 0. The van der Waals surface area contributed by atoms with Crippen molar-refractivity contribution in [3.8, 4) is 28.9 Å². The van der Waals surface area contributed by atoms with E-state index in [0.29, 0.717) is 38.1 Å². The number of nitrogens with zero attached hydrogens (tertiary/aromatic N) is 5. The Morgan fingerprint density at radius 3 is 2.64 bits per heavy atom. The fourth-order valence-corrected chi connectivity index (χ4v) is 7.57. The molecule has 0 aliphatic carbocycles. The zero-order valence-electron chi connectivity index (χ0n) is 26.3. The van der Waals surface area contributed by atoms with E-state index in [1.54, 1.807) is 0 Å². The molecule has 248 valence electrons. The van der Waals surface area contributed by atoms with Gasteiger partial charge in [0.1, 0.15) is 47.2 Å². The number of phenols is 1. The maximum Gasteiger partial charge on any atom is 0.319 e. The first-order chi connectivity index (χ1) is 22.8. The molecule has 0 saturated carbocycles. The van der Waals surface area contributed by atoms with Gasteiger partial charge in [0.05, 0.1) is 11.6 Å². The third kappa shape index (κ3) is 5.38. The number of piperazine rings is 1. The van der Waals surface area contributed by atoms with Crippen LogP contribution < -0.4 is 19.7 Å². The van der Waals surface area contributed by atoms with Crippen LogP contribution >= 0.6 is 0 Å². The Balaban J connectivity index is 0.00000172. The normalized spacial score (nSPS) is 19.8. The summed E-state index contributed by atoms with van der Waals surface area (Å²) in [5.74, 6) is -1.62. The van der Waals surface area contributed by atoms with Crippen molar-refractivity contribution in [2.45, 2.75) is 51.1 Å². The second-order valence-electron chi connectivity index (χ2n) is 12.2. The lowest BCUT2D eigenvalue weighted by molar-refractivity contribution is 0.108. The highest BCUT2D eigenvalue weighted by Crippen LogP contribution is 2.44. The van der Waals surface area contributed by atoms with Crippen molar-refractivity contribution < 1.29 is 32.1 Å². The first kappa shape index (κ1) is 31.4. The first-order valence-corrected chi connectivity index (χ1v) is 16.2. The quantitative estimate of drug-likeness (QED) is 0.242. The molecule has 4 aliphatic heterocycles. The molecule has 2 aromatic heterocycles. The number of hydrogen-bond acceptors (Lipinski definition) is 9. The highest BCUT2D eigenvalue weighted by Gasteiger charge is 2.45. The second-order valence-corrected chi connectivity index (χ2v) is 12.2. The van der Waals surface area contributed by atoms with Gasteiger partial charge in [0.15, 0.2) is 5.82 Å². The molecular weight excluding hydrogens is 616 g/mol. The maximum absolute atomic E-state index is 16.9. The van der Waals surface area contributed by atoms with Crippen LogP contribution in [-0.4, -0.2) is 82.5 Å². The average molecular weight is 653 g/mol. The molecule has 3 fully saturated rings. The smallest absolute Gasteiger partial charge is 0.319 e. The highest BCUT2D eigenvalue weighted by atomic mass is 19.3. The summed E-state index contributed by atoms with van der Waals surface area (Å²) in [7, 11) is 0. The van der Waals surface area contributed by atoms with Crippen LogP contribution in [0.15, 0.2) is 30.3 Å². The fraction of sp³-hybridized carbons (Fsp3) is 0.441. The topological polar surface area (TPSA) is 95.9 Å². The van der Waals surface area contributed by atoms with Crippen LogP contribution in [0.2, 0.25) is 0 Å². The summed E-state index contributed by atoms with van der Waals surface area (Å²) in [5, 5.41) is 14.4. The minimum atomic E-state index is -2.13. The largest absolute Gasteiger partial charge is 0.508 e. The third-order valence-electron chi connectivity index (χ3n) is 9.63. The highest BCUT2D eigenvalue weighted by molar-refractivity contribution is 6.05. The van der Waals surface area contributed by atoms with E-state index in [-0.39, 0.29) is 68.8 Å². The lowest BCUT2D eigenvalue weighted by Gasteiger charge is -2.35. The van der Waals surface area contributed by atoms with E-state index in [2.05, 4.69) is 20.2 Å². The molecule has 1 atom stereocenters. The van der Waals surface area contributed by atoms with E-state index < -0.39 is 23.3 Å². The van der Waals surface area contributed by atoms with E-state index in [1.165, 1.54) is 18.2 Å². The molecule has 47 heavy (non-hydrogen) atoms. The number of benzene rings is 2. The van der Waals surface area contributed by atoms with Crippen molar-refractivity contribution >= 4 is 33.6 Å². The van der Waals surface area contributed by atoms with Crippen LogP contribution in [0.4, 0.5) is 23.4 Å². The summed E-state index contributed by atoms with van der Waals surface area (Å²) < 4.78 is 71.3. The molecule has 8 rings (SSSR count). The molecule has 0 bridgehead atoms. The Kier molecular flexibility index (Phi) is 8.29. The van der Waals surface area contributed by atoms with Gasteiger partial charge in [-0.25, -0.2) is 13.8 Å². The minimum Gasteiger partial charge on any atom is -0.508 e. The van der Waals surface area contributed by atoms with Crippen molar-refractivity contribution in [1.29, 1.82) is 0 Å². The van der Waals surface area contributed by atoms with E-state index >= 15 is 4.39 Å². The van der Waals surface area contributed by atoms with Gasteiger partial charge in [0, 0.05) is 42.2 Å². The monoisotopic (exact) mass is 652 g/mol. The lowest BCUT2D eigenvalue weighted by atomic mass is 9.95. The van der Waals surface area contributed by atoms with E-state index in [9.17, 15) is 18.3 Å². The standard InChI is InChI=1S/C32H30F4N6O3.C2H6/c33-22-4-3-17-11-19(43)12-21(24(17)20(22)13-23(34)35)27-26(36)28-25-29(42-10-7-37-14-18(42)15-44-30(25)38-27)40-31(39-28)45-16-32-5-1-8-41(32)9-2-6-32;1-2/h3-4,11-13,18,37,43H,1-2,5-10,14-16H2;1-2H3/t18-;/m0./s1. The molecule has 6 heterocycles. The molecule has 0 radical (unpaired) electrons. The van der Waals surface area contributed by atoms with Crippen LogP contribution in [0, 0.1) is 11.6 Å². The summed E-state index contributed by atoms with van der Waals surface area (Å²) in [6.07, 6.45) is 2.43. The van der Waals surface area contributed by atoms with Crippen molar-refractivity contribution in [1.82, 2.24) is 25.2 Å². The second kappa shape index (κ2) is 12.4. The number of fused-ring (bicyclic) bond motifs is 4. The van der Waals surface area contributed by atoms with Gasteiger partial charge in [0.2, 0.25) is 5.88 Å². The summed E-state index contributed by atoms with van der Waals surface area (Å²) in [5.41, 5.74) is -1.09. The maximum atomic E-state index is 16.9. The van der Waals surface area contributed by atoms with E-state index in [1.807, 2.05) is 18.7 Å². The predicted molar refractivity (Wildman–Crippen MR) is 171 cm³/mol. The van der Waals surface area contributed by atoms with Gasteiger partial charge in [-0.05, 0) is 62.4 Å². The zero-order valence-corrected chi connectivity index (χ0v) is 26.3. The number of aromatic hydroxyl groups is 1.